The number of hydrogen-bond donors (Lipinski definition) is 1. The Hall–Kier alpha value is -2.96. The number of anilines is 2. The first kappa shape index (κ1) is 15.0. The maximum atomic E-state index is 13.2. The smallest absolute Gasteiger partial charge is 0.414 e. The van der Waals surface area contributed by atoms with Gasteiger partial charge < -0.3 is 10.1 Å². The second-order valence-electron chi connectivity index (χ2n) is 4.93. The molecule has 23 heavy (non-hydrogen) atoms. The molecular formula is C16H12F2N2O3. The number of carbonyl (C=O) groups is 2. The number of amides is 2. The number of hydrogen-bond acceptors (Lipinski definition) is 3. The molecule has 2 aromatic rings. The van der Waals surface area contributed by atoms with Gasteiger partial charge in [-0.2, -0.15) is 0 Å². The topological polar surface area (TPSA) is 58.6 Å². The molecule has 2 amide bonds. The van der Waals surface area contributed by atoms with Crippen LogP contribution >= 0.6 is 0 Å². The van der Waals surface area contributed by atoms with Gasteiger partial charge in [0, 0.05) is 23.0 Å². The number of cyclic esters (lactones) is 1. The van der Waals surface area contributed by atoms with Crippen LogP contribution in [0.4, 0.5) is 25.0 Å². The van der Waals surface area contributed by atoms with Crippen LogP contribution in [-0.2, 0) is 4.74 Å². The lowest BCUT2D eigenvalue weighted by Crippen LogP contribution is -2.23. The van der Waals surface area contributed by atoms with Crippen LogP contribution in [0.5, 0.6) is 0 Å². The average molecular weight is 318 g/mol. The molecule has 0 saturated carbocycles. The van der Waals surface area contributed by atoms with Crippen LogP contribution in [0, 0.1) is 11.6 Å². The monoisotopic (exact) mass is 318 g/mol. The summed E-state index contributed by atoms with van der Waals surface area (Å²) in [7, 11) is 0. The number of carbonyl (C=O) groups excluding carboxylic acids is 2. The van der Waals surface area contributed by atoms with E-state index in [0.29, 0.717) is 30.6 Å². The second kappa shape index (κ2) is 6.04. The number of nitrogens with zero attached hydrogens (tertiary/aromatic N) is 1. The average Bonchev–Trinajstić information content (AvgIpc) is 2.92. The van der Waals surface area contributed by atoms with Crippen LogP contribution < -0.4 is 10.2 Å². The summed E-state index contributed by atoms with van der Waals surface area (Å²) < 4.78 is 31.2. The minimum Gasteiger partial charge on any atom is -0.447 e. The van der Waals surface area contributed by atoms with Gasteiger partial charge in [-0.1, -0.05) is 6.07 Å². The molecular weight excluding hydrogens is 306 g/mol. The summed E-state index contributed by atoms with van der Waals surface area (Å²) >= 11 is 0. The highest BCUT2D eigenvalue weighted by Crippen LogP contribution is 2.23. The maximum absolute atomic E-state index is 13.2. The summed E-state index contributed by atoms with van der Waals surface area (Å²) in [5.41, 5.74) is 0.834. The maximum Gasteiger partial charge on any atom is 0.414 e. The van der Waals surface area contributed by atoms with E-state index in [0.717, 1.165) is 12.1 Å². The Labute approximate surface area is 130 Å². The Morgan fingerprint density at radius 3 is 2.52 bits per heavy atom. The van der Waals surface area contributed by atoms with E-state index < -0.39 is 23.6 Å². The standard InChI is InChI=1S/C16H12F2N2O3/c17-11-6-10(7-12(18)8-11)15(21)19-13-2-1-3-14(9-13)20-4-5-23-16(20)22/h1-3,6-9H,4-5H2,(H,19,21). The van der Waals surface area contributed by atoms with Gasteiger partial charge in [-0.25, -0.2) is 13.6 Å². The predicted octanol–water partition coefficient (Wildman–Crippen LogP) is 3.17. The van der Waals surface area contributed by atoms with E-state index >= 15 is 0 Å². The van der Waals surface area contributed by atoms with Crippen molar-refractivity contribution in [3.63, 3.8) is 0 Å². The fourth-order valence-corrected chi connectivity index (χ4v) is 2.27. The van der Waals surface area contributed by atoms with Gasteiger partial charge >= 0.3 is 6.09 Å². The molecule has 0 radical (unpaired) electrons. The van der Waals surface area contributed by atoms with E-state index in [4.69, 9.17) is 4.74 Å². The Morgan fingerprint density at radius 1 is 1.13 bits per heavy atom. The van der Waals surface area contributed by atoms with Gasteiger partial charge in [0.05, 0.1) is 6.54 Å². The van der Waals surface area contributed by atoms with E-state index in [9.17, 15) is 18.4 Å². The number of halogens is 2. The lowest BCUT2D eigenvalue weighted by Gasteiger charge is -2.14. The van der Waals surface area contributed by atoms with Crippen molar-refractivity contribution < 1.29 is 23.1 Å². The minimum atomic E-state index is -0.830. The third-order valence-electron chi connectivity index (χ3n) is 3.30. The van der Waals surface area contributed by atoms with E-state index in [1.807, 2.05) is 0 Å². The van der Waals surface area contributed by atoms with Crippen molar-refractivity contribution in [1.82, 2.24) is 0 Å². The molecule has 7 heteroatoms. The summed E-state index contributed by atoms with van der Waals surface area (Å²) in [4.78, 5) is 25.0. The van der Waals surface area contributed by atoms with Crippen molar-refractivity contribution in [3.8, 4) is 0 Å². The van der Waals surface area contributed by atoms with Crippen molar-refractivity contribution in [3.05, 3.63) is 59.7 Å². The van der Waals surface area contributed by atoms with Gasteiger partial charge in [-0.15, -0.1) is 0 Å². The molecule has 0 unspecified atom stereocenters. The summed E-state index contributed by atoms with van der Waals surface area (Å²) in [5, 5.41) is 2.54. The number of benzene rings is 2. The third kappa shape index (κ3) is 3.28. The van der Waals surface area contributed by atoms with Crippen LogP contribution in [0.2, 0.25) is 0 Å². The molecule has 1 aliphatic rings. The molecule has 1 saturated heterocycles. The lowest BCUT2D eigenvalue weighted by atomic mass is 10.2. The fourth-order valence-electron chi connectivity index (χ4n) is 2.27. The van der Waals surface area contributed by atoms with Gasteiger partial charge in [0.2, 0.25) is 0 Å². The molecule has 1 heterocycles. The normalized spacial score (nSPS) is 13.8. The number of ether oxygens (including phenoxy) is 1. The van der Waals surface area contributed by atoms with Crippen molar-refractivity contribution in [2.75, 3.05) is 23.4 Å². The molecule has 0 atom stereocenters. The van der Waals surface area contributed by atoms with E-state index in [-0.39, 0.29) is 5.56 Å². The van der Waals surface area contributed by atoms with E-state index in [1.54, 1.807) is 24.3 Å². The largest absolute Gasteiger partial charge is 0.447 e. The molecule has 1 N–H and O–H groups in total. The second-order valence-corrected chi connectivity index (χ2v) is 4.93. The minimum absolute atomic E-state index is 0.131. The fraction of sp³-hybridized carbons (Fsp3) is 0.125. The molecule has 0 spiro atoms. The Bertz CT molecular complexity index is 759. The van der Waals surface area contributed by atoms with Crippen LogP contribution in [0.1, 0.15) is 10.4 Å². The third-order valence-corrected chi connectivity index (χ3v) is 3.30. The quantitative estimate of drug-likeness (QED) is 0.945. The first-order valence-corrected chi connectivity index (χ1v) is 6.85. The van der Waals surface area contributed by atoms with Crippen molar-refractivity contribution in [1.29, 1.82) is 0 Å². The molecule has 2 aromatic carbocycles. The summed E-state index contributed by atoms with van der Waals surface area (Å²) in [6.45, 7) is 0.726. The van der Waals surface area contributed by atoms with Gasteiger partial charge in [0.15, 0.2) is 0 Å². The van der Waals surface area contributed by atoms with Crippen LogP contribution in [0.15, 0.2) is 42.5 Å². The van der Waals surface area contributed by atoms with Crippen molar-refractivity contribution in [2.24, 2.45) is 0 Å². The van der Waals surface area contributed by atoms with Gasteiger partial charge in [0.1, 0.15) is 18.2 Å². The van der Waals surface area contributed by atoms with Gasteiger partial charge in [-0.05, 0) is 30.3 Å². The zero-order valence-electron chi connectivity index (χ0n) is 11.9. The highest BCUT2D eigenvalue weighted by Gasteiger charge is 2.23. The first-order valence-electron chi connectivity index (χ1n) is 6.85. The zero-order valence-corrected chi connectivity index (χ0v) is 11.9. The number of rotatable bonds is 3. The van der Waals surface area contributed by atoms with Crippen LogP contribution in [0.3, 0.4) is 0 Å². The SMILES string of the molecule is O=C(Nc1cccc(N2CCOC2=O)c1)c1cc(F)cc(F)c1. The van der Waals surface area contributed by atoms with Crippen LogP contribution in [-0.4, -0.2) is 25.2 Å². The molecule has 0 bridgehead atoms. The predicted molar refractivity (Wildman–Crippen MR) is 79.4 cm³/mol. The summed E-state index contributed by atoms with van der Waals surface area (Å²) in [6.07, 6.45) is -0.458. The Kier molecular flexibility index (Phi) is 3.92. The molecule has 1 aliphatic heterocycles. The first-order chi connectivity index (χ1) is 11.0. The van der Waals surface area contributed by atoms with Crippen molar-refractivity contribution >= 4 is 23.4 Å². The summed E-state index contributed by atoms with van der Waals surface area (Å²) in [5.74, 6) is -2.31. The van der Waals surface area contributed by atoms with Crippen molar-refractivity contribution in [2.45, 2.75) is 0 Å². The van der Waals surface area contributed by atoms with Gasteiger partial charge in [-0.3, -0.25) is 9.69 Å². The van der Waals surface area contributed by atoms with Crippen LogP contribution in [0.25, 0.3) is 0 Å². The Balaban J connectivity index is 1.80. The number of nitrogens with one attached hydrogen (secondary N) is 1. The molecule has 0 aliphatic carbocycles. The summed E-state index contributed by atoms with van der Waals surface area (Å²) in [6, 6.07) is 9.13. The molecule has 5 nitrogen and oxygen atoms in total. The lowest BCUT2D eigenvalue weighted by molar-refractivity contribution is 0.102. The van der Waals surface area contributed by atoms with E-state index in [1.165, 1.54) is 4.90 Å². The van der Waals surface area contributed by atoms with Gasteiger partial charge in [0.25, 0.3) is 5.91 Å². The highest BCUT2D eigenvalue weighted by molar-refractivity contribution is 6.04. The zero-order chi connectivity index (χ0) is 16.4. The molecule has 3 rings (SSSR count). The Morgan fingerprint density at radius 2 is 1.87 bits per heavy atom. The molecule has 118 valence electrons. The molecule has 0 aromatic heterocycles. The van der Waals surface area contributed by atoms with E-state index in [2.05, 4.69) is 5.32 Å². The molecule has 1 fully saturated rings. The highest BCUT2D eigenvalue weighted by atomic mass is 19.1.